The molecule has 0 unspecified atom stereocenters. The lowest BCUT2D eigenvalue weighted by Crippen LogP contribution is -2.17. The van der Waals surface area contributed by atoms with Gasteiger partial charge in [0.2, 0.25) is 0 Å². The van der Waals surface area contributed by atoms with Crippen LogP contribution in [0.2, 0.25) is 0 Å². The van der Waals surface area contributed by atoms with Crippen molar-refractivity contribution in [2.75, 3.05) is 13.7 Å². The van der Waals surface area contributed by atoms with E-state index < -0.39 is 0 Å². The van der Waals surface area contributed by atoms with E-state index in [2.05, 4.69) is 43.3 Å². The van der Waals surface area contributed by atoms with Crippen LogP contribution in [0.5, 0.6) is 5.75 Å². The Balaban J connectivity index is 1.59. The second-order valence-corrected chi connectivity index (χ2v) is 6.02. The minimum Gasteiger partial charge on any atom is -0.496 e. The number of benzene rings is 1. The number of aromatic amines is 1. The number of fused-ring (bicyclic) bond motifs is 1. The molecule has 0 amide bonds. The molecule has 0 saturated carbocycles. The maximum atomic E-state index is 5.36. The van der Waals surface area contributed by atoms with E-state index in [9.17, 15) is 0 Å². The summed E-state index contributed by atoms with van der Waals surface area (Å²) in [7, 11) is 1.70. The summed E-state index contributed by atoms with van der Waals surface area (Å²) < 4.78 is 6.36. The number of halogens is 1. The molecule has 0 fully saturated rings. The number of aromatic nitrogens is 2. The van der Waals surface area contributed by atoms with Gasteiger partial charge < -0.3 is 15.0 Å². The van der Waals surface area contributed by atoms with Crippen molar-refractivity contribution in [3.63, 3.8) is 0 Å². The van der Waals surface area contributed by atoms with Crippen LogP contribution in [0.3, 0.4) is 0 Å². The number of pyridine rings is 1. The van der Waals surface area contributed by atoms with Gasteiger partial charge in [-0.2, -0.15) is 0 Å². The average Bonchev–Trinajstić information content (AvgIpc) is 2.94. The van der Waals surface area contributed by atoms with Gasteiger partial charge in [-0.25, -0.2) is 4.98 Å². The fourth-order valence-corrected chi connectivity index (χ4v) is 2.87. The molecule has 0 aliphatic heterocycles. The first-order valence-corrected chi connectivity index (χ1v) is 8.01. The highest BCUT2D eigenvalue weighted by Crippen LogP contribution is 2.21. The van der Waals surface area contributed by atoms with E-state index in [1.165, 1.54) is 16.5 Å². The number of ether oxygens (including phenoxy) is 1. The van der Waals surface area contributed by atoms with E-state index in [0.29, 0.717) is 0 Å². The first-order chi connectivity index (χ1) is 10.8. The number of para-hydroxylation sites is 1. The zero-order chi connectivity index (χ0) is 15.4. The molecular formula is C17H18BrN3O. The molecule has 114 valence electrons. The van der Waals surface area contributed by atoms with Crippen LogP contribution in [0.15, 0.2) is 47.2 Å². The van der Waals surface area contributed by atoms with Crippen molar-refractivity contribution in [3.05, 3.63) is 58.3 Å². The third-order valence-electron chi connectivity index (χ3n) is 3.66. The molecule has 0 atom stereocenters. The van der Waals surface area contributed by atoms with E-state index in [-0.39, 0.29) is 0 Å². The number of hydrogen-bond acceptors (Lipinski definition) is 3. The molecule has 3 aromatic rings. The van der Waals surface area contributed by atoms with E-state index in [1.54, 1.807) is 7.11 Å². The second-order valence-electron chi connectivity index (χ2n) is 5.10. The molecule has 0 spiro atoms. The molecule has 0 saturated heterocycles. The molecule has 2 heterocycles. The Labute approximate surface area is 138 Å². The van der Waals surface area contributed by atoms with Crippen molar-refractivity contribution in [2.24, 2.45) is 0 Å². The van der Waals surface area contributed by atoms with E-state index >= 15 is 0 Å². The molecule has 4 nitrogen and oxygen atoms in total. The number of H-pyrrole nitrogens is 1. The normalized spacial score (nSPS) is 11.0. The molecule has 0 radical (unpaired) electrons. The molecular weight excluding hydrogens is 342 g/mol. The van der Waals surface area contributed by atoms with Gasteiger partial charge in [-0.05, 0) is 46.6 Å². The van der Waals surface area contributed by atoms with Gasteiger partial charge in [0.15, 0.2) is 0 Å². The monoisotopic (exact) mass is 359 g/mol. The fourth-order valence-electron chi connectivity index (χ4n) is 2.53. The molecule has 1 aromatic carbocycles. The SMILES string of the molecule is COc1ccccc1CNCCc1c[nH]c2ncc(Br)cc12. The summed E-state index contributed by atoms with van der Waals surface area (Å²) in [4.78, 5) is 7.57. The molecule has 0 aliphatic rings. The third kappa shape index (κ3) is 3.31. The summed E-state index contributed by atoms with van der Waals surface area (Å²) >= 11 is 3.47. The lowest BCUT2D eigenvalue weighted by Gasteiger charge is -2.09. The smallest absolute Gasteiger partial charge is 0.137 e. The molecule has 5 heteroatoms. The Bertz CT molecular complexity index is 769. The largest absolute Gasteiger partial charge is 0.496 e. The van der Waals surface area contributed by atoms with Crippen molar-refractivity contribution < 1.29 is 4.74 Å². The van der Waals surface area contributed by atoms with Crippen molar-refractivity contribution in [2.45, 2.75) is 13.0 Å². The number of methoxy groups -OCH3 is 1. The van der Waals surface area contributed by atoms with Crippen LogP contribution < -0.4 is 10.1 Å². The summed E-state index contributed by atoms with van der Waals surface area (Å²) in [5, 5.41) is 4.64. The van der Waals surface area contributed by atoms with Gasteiger partial charge in [0.1, 0.15) is 11.4 Å². The Morgan fingerprint density at radius 3 is 3.00 bits per heavy atom. The second kappa shape index (κ2) is 6.94. The highest BCUT2D eigenvalue weighted by Gasteiger charge is 2.06. The van der Waals surface area contributed by atoms with Crippen LogP contribution >= 0.6 is 15.9 Å². The fraction of sp³-hybridized carbons (Fsp3) is 0.235. The molecule has 22 heavy (non-hydrogen) atoms. The number of nitrogens with one attached hydrogen (secondary N) is 2. The summed E-state index contributed by atoms with van der Waals surface area (Å²) in [6, 6.07) is 10.2. The predicted octanol–water partition coefficient (Wildman–Crippen LogP) is 3.67. The zero-order valence-electron chi connectivity index (χ0n) is 12.4. The molecule has 2 aromatic heterocycles. The lowest BCUT2D eigenvalue weighted by atomic mass is 10.1. The first kappa shape index (κ1) is 15.1. The average molecular weight is 360 g/mol. The van der Waals surface area contributed by atoms with E-state index in [4.69, 9.17) is 4.74 Å². The van der Waals surface area contributed by atoms with E-state index in [1.807, 2.05) is 30.6 Å². The zero-order valence-corrected chi connectivity index (χ0v) is 14.0. The maximum absolute atomic E-state index is 5.36. The minimum absolute atomic E-state index is 0.800. The molecule has 3 rings (SSSR count). The topological polar surface area (TPSA) is 49.9 Å². The van der Waals surface area contributed by atoms with Crippen LogP contribution in [0, 0.1) is 0 Å². The molecule has 0 aliphatic carbocycles. The first-order valence-electron chi connectivity index (χ1n) is 7.22. The number of hydrogen-bond donors (Lipinski definition) is 2. The van der Waals surface area contributed by atoms with Crippen molar-refractivity contribution in [3.8, 4) is 5.75 Å². The predicted molar refractivity (Wildman–Crippen MR) is 92.2 cm³/mol. The van der Waals surface area contributed by atoms with Crippen molar-refractivity contribution >= 4 is 27.0 Å². The van der Waals surface area contributed by atoms with Gasteiger partial charge in [0.25, 0.3) is 0 Å². The molecule has 0 bridgehead atoms. The van der Waals surface area contributed by atoms with E-state index in [0.717, 1.165) is 35.4 Å². The number of nitrogens with zero attached hydrogens (tertiary/aromatic N) is 1. The summed E-state index contributed by atoms with van der Waals surface area (Å²) in [6.07, 6.45) is 4.80. The van der Waals surface area contributed by atoms with Gasteiger partial charge in [0, 0.05) is 34.4 Å². The van der Waals surface area contributed by atoms with Crippen molar-refractivity contribution in [1.29, 1.82) is 0 Å². The van der Waals surface area contributed by atoms with Gasteiger partial charge in [-0.3, -0.25) is 0 Å². The summed E-state index contributed by atoms with van der Waals surface area (Å²) in [6.45, 7) is 1.70. The number of rotatable bonds is 6. The van der Waals surface area contributed by atoms with Crippen LogP contribution in [0.4, 0.5) is 0 Å². The van der Waals surface area contributed by atoms with Crippen LogP contribution in [-0.4, -0.2) is 23.6 Å². The van der Waals surface area contributed by atoms with Crippen LogP contribution in [-0.2, 0) is 13.0 Å². The standard InChI is InChI=1S/C17H18BrN3O/c1-22-16-5-3-2-4-13(16)9-19-7-6-12-10-20-17-15(12)8-14(18)11-21-17/h2-5,8,10-11,19H,6-7,9H2,1H3,(H,20,21). The van der Waals surface area contributed by atoms with Gasteiger partial charge in [0.05, 0.1) is 7.11 Å². The highest BCUT2D eigenvalue weighted by molar-refractivity contribution is 9.10. The van der Waals surface area contributed by atoms with Gasteiger partial charge in [-0.1, -0.05) is 18.2 Å². The Hall–Kier alpha value is -1.85. The van der Waals surface area contributed by atoms with Crippen LogP contribution in [0.1, 0.15) is 11.1 Å². The maximum Gasteiger partial charge on any atom is 0.137 e. The Morgan fingerprint density at radius 1 is 1.27 bits per heavy atom. The summed E-state index contributed by atoms with van der Waals surface area (Å²) in [5.41, 5.74) is 3.38. The van der Waals surface area contributed by atoms with Crippen LogP contribution in [0.25, 0.3) is 11.0 Å². The van der Waals surface area contributed by atoms with Crippen molar-refractivity contribution in [1.82, 2.24) is 15.3 Å². The minimum atomic E-state index is 0.800. The Kier molecular flexibility index (Phi) is 4.75. The third-order valence-corrected chi connectivity index (χ3v) is 4.10. The molecule has 2 N–H and O–H groups in total. The van der Waals surface area contributed by atoms with Gasteiger partial charge >= 0.3 is 0 Å². The summed E-state index contributed by atoms with van der Waals surface area (Å²) in [5.74, 6) is 0.926. The highest BCUT2D eigenvalue weighted by atomic mass is 79.9. The van der Waals surface area contributed by atoms with Gasteiger partial charge in [-0.15, -0.1) is 0 Å². The Morgan fingerprint density at radius 2 is 2.14 bits per heavy atom. The quantitative estimate of drug-likeness (QED) is 0.660. The lowest BCUT2D eigenvalue weighted by molar-refractivity contribution is 0.408.